The number of hydrogen-bond acceptors (Lipinski definition) is 5. The fourth-order valence-corrected chi connectivity index (χ4v) is 5.35. The molecule has 2 N–H and O–H groups in total. The zero-order valence-electron chi connectivity index (χ0n) is 20.0. The molecule has 8 heteroatoms. The molecule has 0 radical (unpaired) electrons. The average molecular weight is 494 g/mol. The average Bonchev–Trinajstić information content (AvgIpc) is 2.84. The number of carbonyl (C=O) groups excluding carboxylic acids is 1. The van der Waals surface area contributed by atoms with Crippen molar-refractivity contribution >= 4 is 21.6 Å². The van der Waals surface area contributed by atoms with Crippen LogP contribution in [-0.2, 0) is 27.8 Å². The number of benzene rings is 3. The first kappa shape index (κ1) is 25.1. The molecular formula is C27H31N3O4S. The second-order valence-electron chi connectivity index (χ2n) is 8.90. The summed E-state index contributed by atoms with van der Waals surface area (Å²) >= 11 is 0. The first-order chi connectivity index (χ1) is 16.8. The monoisotopic (exact) mass is 493 g/mol. The zero-order chi connectivity index (χ0) is 24.8. The van der Waals surface area contributed by atoms with Gasteiger partial charge in [0.15, 0.2) is 0 Å². The fourth-order valence-electron chi connectivity index (χ4n) is 4.29. The van der Waals surface area contributed by atoms with Gasteiger partial charge in [0.05, 0.1) is 17.1 Å². The molecule has 0 saturated carbocycles. The van der Waals surface area contributed by atoms with Gasteiger partial charge in [-0.15, -0.1) is 0 Å². The Morgan fingerprint density at radius 3 is 2.37 bits per heavy atom. The summed E-state index contributed by atoms with van der Waals surface area (Å²) in [5.74, 6) is -0.360. The Labute approximate surface area is 207 Å². The van der Waals surface area contributed by atoms with Crippen molar-refractivity contribution in [2.45, 2.75) is 44.0 Å². The van der Waals surface area contributed by atoms with Gasteiger partial charge in [0.1, 0.15) is 0 Å². The predicted octanol–water partition coefficient (Wildman–Crippen LogP) is 4.03. The number of nitrogens with one attached hydrogen (secondary N) is 2. The maximum absolute atomic E-state index is 13.1. The van der Waals surface area contributed by atoms with E-state index in [4.69, 9.17) is 4.74 Å². The van der Waals surface area contributed by atoms with E-state index in [9.17, 15) is 13.2 Å². The third kappa shape index (κ3) is 6.76. The SMILES string of the molecule is CC1CN(Cc2ccccc2NC(=O)c2cccc(S(=O)(=O)NCc3ccccc3)c2)CC(C)O1. The number of anilines is 1. The van der Waals surface area contributed by atoms with Gasteiger partial charge in [-0.3, -0.25) is 9.69 Å². The topological polar surface area (TPSA) is 87.7 Å². The third-order valence-corrected chi connectivity index (χ3v) is 7.27. The minimum Gasteiger partial charge on any atom is -0.373 e. The van der Waals surface area contributed by atoms with Crippen molar-refractivity contribution in [2.75, 3.05) is 18.4 Å². The molecule has 2 atom stereocenters. The molecule has 3 aromatic rings. The van der Waals surface area contributed by atoms with Crippen LogP contribution in [0.5, 0.6) is 0 Å². The van der Waals surface area contributed by atoms with Crippen LogP contribution in [0.15, 0.2) is 83.8 Å². The molecule has 0 spiro atoms. The van der Waals surface area contributed by atoms with E-state index in [2.05, 4.69) is 28.8 Å². The van der Waals surface area contributed by atoms with Crippen LogP contribution in [0.3, 0.4) is 0 Å². The summed E-state index contributed by atoms with van der Waals surface area (Å²) in [7, 11) is -3.77. The van der Waals surface area contributed by atoms with Crippen LogP contribution in [0.2, 0.25) is 0 Å². The van der Waals surface area contributed by atoms with E-state index in [1.54, 1.807) is 12.1 Å². The number of rotatable bonds is 8. The van der Waals surface area contributed by atoms with E-state index < -0.39 is 10.0 Å². The largest absolute Gasteiger partial charge is 0.373 e. The van der Waals surface area contributed by atoms with E-state index in [1.165, 1.54) is 12.1 Å². The molecule has 1 amide bonds. The maximum Gasteiger partial charge on any atom is 0.255 e. The van der Waals surface area contributed by atoms with E-state index >= 15 is 0 Å². The Morgan fingerprint density at radius 1 is 0.943 bits per heavy atom. The van der Waals surface area contributed by atoms with Gasteiger partial charge in [-0.1, -0.05) is 54.6 Å². The van der Waals surface area contributed by atoms with Crippen LogP contribution in [0.25, 0.3) is 0 Å². The summed E-state index contributed by atoms with van der Waals surface area (Å²) in [6, 6.07) is 23.0. The van der Waals surface area contributed by atoms with Crippen LogP contribution in [0.1, 0.15) is 35.3 Å². The van der Waals surface area contributed by atoms with Gasteiger partial charge in [0.2, 0.25) is 10.0 Å². The number of morpholine rings is 1. The van der Waals surface area contributed by atoms with Crippen molar-refractivity contribution in [3.05, 3.63) is 95.6 Å². The molecule has 184 valence electrons. The minimum atomic E-state index is -3.77. The molecule has 2 unspecified atom stereocenters. The summed E-state index contributed by atoms with van der Waals surface area (Å²) in [6.45, 7) is 6.63. The van der Waals surface area contributed by atoms with Crippen LogP contribution >= 0.6 is 0 Å². The highest BCUT2D eigenvalue weighted by molar-refractivity contribution is 7.89. The zero-order valence-corrected chi connectivity index (χ0v) is 20.8. The number of sulfonamides is 1. The van der Waals surface area contributed by atoms with Gasteiger partial charge in [-0.2, -0.15) is 0 Å². The quantitative estimate of drug-likeness (QED) is 0.495. The van der Waals surface area contributed by atoms with Crippen LogP contribution in [0.4, 0.5) is 5.69 Å². The van der Waals surface area contributed by atoms with Crippen molar-refractivity contribution < 1.29 is 17.9 Å². The van der Waals surface area contributed by atoms with E-state index in [1.807, 2.05) is 54.6 Å². The molecule has 3 aromatic carbocycles. The van der Waals surface area contributed by atoms with Crippen molar-refractivity contribution in [3.8, 4) is 0 Å². The summed E-state index contributed by atoms with van der Waals surface area (Å²) in [4.78, 5) is 15.4. The molecule has 35 heavy (non-hydrogen) atoms. The summed E-state index contributed by atoms with van der Waals surface area (Å²) in [5, 5.41) is 2.96. The normalized spacial score (nSPS) is 18.8. The fraction of sp³-hybridized carbons (Fsp3) is 0.296. The Morgan fingerprint density at radius 2 is 1.63 bits per heavy atom. The van der Waals surface area contributed by atoms with E-state index in [0.29, 0.717) is 12.2 Å². The molecule has 1 fully saturated rings. The van der Waals surface area contributed by atoms with Gasteiger partial charge < -0.3 is 10.1 Å². The smallest absolute Gasteiger partial charge is 0.255 e. The molecule has 7 nitrogen and oxygen atoms in total. The number of hydrogen-bond donors (Lipinski definition) is 2. The Kier molecular flexibility index (Phi) is 7.97. The molecule has 0 aliphatic carbocycles. The van der Waals surface area contributed by atoms with Gasteiger partial charge in [-0.25, -0.2) is 13.1 Å². The first-order valence-electron chi connectivity index (χ1n) is 11.7. The van der Waals surface area contributed by atoms with Crippen LogP contribution in [0, 0.1) is 0 Å². The Hall–Kier alpha value is -3.04. The van der Waals surface area contributed by atoms with Crippen molar-refractivity contribution in [3.63, 3.8) is 0 Å². The number of carbonyl (C=O) groups is 1. The van der Waals surface area contributed by atoms with Crippen LogP contribution in [-0.4, -0.2) is 44.5 Å². The number of ether oxygens (including phenoxy) is 1. The van der Waals surface area contributed by atoms with Crippen LogP contribution < -0.4 is 10.0 Å². The molecule has 1 saturated heterocycles. The van der Waals surface area contributed by atoms with Crippen molar-refractivity contribution in [1.82, 2.24) is 9.62 Å². The summed E-state index contributed by atoms with van der Waals surface area (Å²) in [6.07, 6.45) is 0.307. The lowest BCUT2D eigenvalue weighted by atomic mass is 10.1. The highest BCUT2D eigenvalue weighted by atomic mass is 32.2. The lowest BCUT2D eigenvalue weighted by Gasteiger charge is -2.35. The molecule has 0 bridgehead atoms. The highest BCUT2D eigenvalue weighted by Gasteiger charge is 2.23. The van der Waals surface area contributed by atoms with Gasteiger partial charge >= 0.3 is 0 Å². The third-order valence-electron chi connectivity index (χ3n) is 5.87. The van der Waals surface area contributed by atoms with Crippen molar-refractivity contribution in [1.29, 1.82) is 0 Å². The number of nitrogens with zero attached hydrogens (tertiary/aromatic N) is 1. The number of para-hydroxylation sites is 1. The molecule has 0 aromatic heterocycles. The first-order valence-corrected chi connectivity index (χ1v) is 13.2. The predicted molar refractivity (Wildman–Crippen MR) is 137 cm³/mol. The molecule has 1 aliphatic rings. The van der Waals surface area contributed by atoms with Crippen molar-refractivity contribution in [2.24, 2.45) is 0 Å². The van der Waals surface area contributed by atoms with Gasteiger partial charge in [0, 0.05) is 37.4 Å². The molecule has 1 heterocycles. The number of amides is 1. The molecule has 1 aliphatic heterocycles. The maximum atomic E-state index is 13.1. The Bertz CT molecular complexity index is 1250. The molecule has 4 rings (SSSR count). The van der Waals surface area contributed by atoms with Gasteiger partial charge in [0.25, 0.3) is 5.91 Å². The summed E-state index contributed by atoms with van der Waals surface area (Å²) in [5.41, 5.74) is 2.83. The van der Waals surface area contributed by atoms with Gasteiger partial charge in [-0.05, 0) is 49.2 Å². The second kappa shape index (κ2) is 11.1. The second-order valence-corrected chi connectivity index (χ2v) is 10.7. The van der Waals surface area contributed by atoms with E-state index in [0.717, 1.165) is 24.2 Å². The Balaban J connectivity index is 1.46. The lowest BCUT2D eigenvalue weighted by Crippen LogP contribution is -2.44. The standard InChI is InChI=1S/C27H31N3O4S/c1-20-17-30(18-21(2)34-20)19-24-11-6-7-14-26(24)29-27(31)23-12-8-13-25(15-23)35(32,33)28-16-22-9-4-3-5-10-22/h3-15,20-21,28H,16-19H2,1-2H3,(H,29,31). The molecular weight excluding hydrogens is 462 g/mol. The highest BCUT2D eigenvalue weighted by Crippen LogP contribution is 2.22. The minimum absolute atomic E-state index is 0.0469. The van der Waals surface area contributed by atoms with E-state index in [-0.39, 0.29) is 35.1 Å². The lowest BCUT2D eigenvalue weighted by molar-refractivity contribution is -0.0704. The summed E-state index contributed by atoms with van der Waals surface area (Å²) < 4.78 is 34.0.